The number of aliphatic hydroxyl groups is 2. The monoisotopic (exact) mass is 233 g/mol. The maximum Gasteiger partial charge on any atom is 0.0799 e. The zero-order chi connectivity index (χ0) is 13.0. The van der Waals surface area contributed by atoms with Crippen molar-refractivity contribution in [2.24, 2.45) is 5.92 Å². The van der Waals surface area contributed by atoms with Gasteiger partial charge in [0.15, 0.2) is 0 Å². The van der Waals surface area contributed by atoms with Crippen LogP contribution in [0.5, 0.6) is 0 Å². The number of hydrogen-bond donors (Lipinski definition) is 2. The molecule has 0 aliphatic carbocycles. The molecule has 16 heavy (non-hydrogen) atoms. The van der Waals surface area contributed by atoms with Gasteiger partial charge in [0.1, 0.15) is 0 Å². The van der Waals surface area contributed by atoms with Crippen LogP contribution in [0, 0.1) is 5.92 Å². The molecule has 3 nitrogen and oxygen atoms in total. The number of likely N-dealkylation sites (tertiary alicyclic amines) is 1. The van der Waals surface area contributed by atoms with Gasteiger partial charge in [0.25, 0.3) is 0 Å². The van der Waals surface area contributed by atoms with Crippen LogP contribution in [0.3, 0.4) is 0 Å². The lowest BCUT2D eigenvalue weighted by Gasteiger charge is -2.32. The number of piperidine rings is 1. The first-order valence-corrected chi connectivity index (χ1v) is 6.79. The second-order valence-corrected chi connectivity index (χ2v) is 3.52. The fraction of sp³-hybridized carbons (Fsp3) is 1.00. The van der Waals surface area contributed by atoms with Gasteiger partial charge in [0, 0.05) is 0 Å². The summed E-state index contributed by atoms with van der Waals surface area (Å²) in [4.78, 5) is 2.38. The van der Waals surface area contributed by atoms with Crippen LogP contribution < -0.4 is 0 Å². The molecule has 1 unspecified atom stereocenters. The van der Waals surface area contributed by atoms with E-state index in [1.165, 1.54) is 0 Å². The summed E-state index contributed by atoms with van der Waals surface area (Å²) in [7, 11) is 0. The Balaban J connectivity index is 0. The molecule has 100 valence electrons. The fourth-order valence-electron chi connectivity index (χ4n) is 1.80. The van der Waals surface area contributed by atoms with E-state index < -0.39 is 6.10 Å². The van der Waals surface area contributed by atoms with Gasteiger partial charge in [-0.05, 0) is 38.4 Å². The van der Waals surface area contributed by atoms with E-state index in [0.717, 1.165) is 32.5 Å². The molecule has 1 heterocycles. The van der Waals surface area contributed by atoms with Gasteiger partial charge in [-0.1, -0.05) is 34.6 Å². The standard InChI is InChI=1S/C9H19NO2.2C2H6/c1-2-10-5-3-8(4-6-10)9(12)7-11;2*1-2/h8-9,11-12H,2-7H2,1H3;2*1-2H3. The quantitative estimate of drug-likeness (QED) is 0.785. The molecule has 1 fully saturated rings. The van der Waals surface area contributed by atoms with Crippen molar-refractivity contribution < 1.29 is 10.2 Å². The molecule has 0 spiro atoms. The predicted octanol–water partition coefficient (Wildman–Crippen LogP) is 2.12. The van der Waals surface area contributed by atoms with E-state index in [0.29, 0.717) is 5.92 Å². The first-order chi connectivity index (χ1) is 7.77. The fourth-order valence-corrected chi connectivity index (χ4v) is 1.80. The van der Waals surface area contributed by atoms with Gasteiger partial charge in [-0.2, -0.15) is 0 Å². The van der Waals surface area contributed by atoms with E-state index in [1.807, 2.05) is 27.7 Å². The van der Waals surface area contributed by atoms with Crippen molar-refractivity contribution in [3.63, 3.8) is 0 Å². The molecule has 0 saturated carbocycles. The van der Waals surface area contributed by atoms with E-state index >= 15 is 0 Å². The van der Waals surface area contributed by atoms with Gasteiger partial charge < -0.3 is 15.1 Å². The number of rotatable bonds is 3. The van der Waals surface area contributed by atoms with Crippen LogP contribution in [-0.4, -0.2) is 47.5 Å². The summed E-state index contributed by atoms with van der Waals surface area (Å²) in [5.41, 5.74) is 0. The zero-order valence-electron chi connectivity index (χ0n) is 11.7. The van der Waals surface area contributed by atoms with Crippen molar-refractivity contribution in [1.82, 2.24) is 4.90 Å². The minimum absolute atomic E-state index is 0.0865. The van der Waals surface area contributed by atoms with Crippen LogP contribution in [0.25, 0.3) is 0 Å². The van der Waals surface area contributed by atoms with Gasteiger partial charge in [-0.25, -0.2) is 0 Å². The molecule has 0 bridgehead atoms. The molecular weight excluding hydrogens is 202 g/mol. The van der Waals surface area contributed by atoms with E-state index in [9.17, 15) is 5.11 Å². The largest absolute Gasteiger partial charge is 0.394 e. The maximum absolute atomic E-state index is 9.37. The normalized spacial score (nSPS) is 18.9. The first-order valence-electron chi connectivity index (χ1n) is 6.79. The summed E-state index contributed by atoms with van der Waals surface area (Å²) in [5.74, 6) is 0.317. The van der Waals surface area contributed by atoms with E-state index in [2.05, 4.69) is 11.8 Å². The van der Waals surface area contributed by atoms with Crippen molar-refractivity contribution in [1.29, 1.82) is 0 Å². The lowest BCUT2D eigenvalue weighted by atomic mass is 9.92. The van der Waals surface area contributed by atoms with Gasteiger partial charge in [0.05, 0.1) is 12.7 Å². The highest BCUT2D eigenvalue weighted by atomic mass is 16.3. The molecular formula is C13H31NO2. The van der Waals surface area contributed by atoms with Crippen LogP contribution in [0.1, 0.15) is 47.5 Å². The Morgan fingerprint density at radius 3 is 1.88 bits per heavy atom. The zero-order valence-corrected chi connectivity index (χ0v) is 11.7. The highest BCUT2D eigenvalue weighted by molar-refractivity contribution is 4.76. The van der Waals surface area contributed by atoms with Gasteiger partial charge in [-0.15, -0.1) is 0 Å². The predicted molar refractivity (Wildman–Crippen MR) is 70.6 cm³/mol. The Morgan fingerprint density at radius 2 is 1.56 bits per heavy atom. The van der Waals surface area contributed by atoms with E-state index in [-0.39, 0.29) is 6.61 Å². The summed E-state index contributed by atoms with van der Waals surface area (Å²) in [5, 5.41) is 18.1. The molecule has 0 amide bonds. The Hall–Kier alpha value is -0.120. The summed E-state index contributed by atoms with van der Waals surface area (Å²) >= 11 is 0. The molecule has 0 radical (unpaired) electrons. The Kier molecular flexibility index (Phi) is 14.8. The minimum Gasteiger partial charge on any atom is -0.394 e. The highest BCUT2D eigenvalue weighted by Crippen LogP contribution is 2.19. The van der Waals surface area contributed by atoms with Crippen molar-refractivity contribution in [3.05, 3.63) is 0 Å². The number of aliphatic hydroxyl groups excluding tert-OH is 2. The molecule has 0 aromatic rings. The Bertz CT molecular complexity index is 123. The van der Waals surface area contributed by atoms with Crippen LogP contribution >= 0.6 is 0 Å². The van der Waals surface area contributed by atoms with Gasteiger partial charge in [0.2, 0.25) is 0 Å². The van der Waals surface area contributed by atoms with Crippen molar-refractivity contribution in [2.45, 2.75) is 53.6 Å². The van der Waals surface area contributed by atoms with Gasteiger partial charge >= 0.3 is 0 Å². The average molecular weight is 233 g/mol. The van der Waals surface area contributed by atoms with Crippen LogP contribution in [0.2, 0.25) is 0 Å². The third-order valence-corrected chi connectivity index (χ3v) is 2.81. The Morgan fingerprint density at radius 1 is 1.12 bits per heavy atom. The first kappa shape index (κ1) is 18.3. The average Bonchev–Trinajstić information content (AvgIpc) is 2.42. The lowest BCUT2D eigenvalue weighted by Crippen LogP contribution is -2.38. The molecule has 2 N–H and O–H groups in total. The van der Waals surface area contributed by atoms with Crippen molar-refractivity contribution in [3.8, 4) is 0 Å². The van der Waals surface area contributed by atoms with Gasteiger partial charge in [-0.3, -0.25) is 0 Å². The van der Waals surface area contributed by atoms with Crippen LogP contribution in [0.15, 0.2) is 0 Å². The third kappa shape index (κ3) is 7.20. The summed E-state index contributed by atoms with van der Waals surface area (Å²) < 4.78 is 0. The van der Waals surface area contributed by atoms with Crippen LogP contribution in [0.4, 0.5) is 0 Å². The molecule has 3 heteroatoms. The molecule has 0 aromatic heterocycles. The van der Waals surface area contributed by atoms with Crippen molar-refractivity contribution in [2.75, 3.05) is 26.2 Å². The smallest absolute Gasteiger partial charge is 0.0799 e. The topological polar surface area (TPSA) is 43.7 Å². The SMILES string of the molecule is CC.CC.CCN1CCC(C(O)CO)CC1. The summed E-state index contributed by atoms with van der Waals surface area (Å²) in [6, 6.07) is 0. The highest BCUT2D eigenvalue weighted by Gasteiger charge is 2.23. The molecule has 0 aromatic carbocycles. The second kappa shape index (κ2) is 12.9. The summed E-state index contributed by atoms with van der Waals surface area (Å²) in [6.45, 7) is 13.3. The molecule has 1 atom stereocenters. The molecule has 1 aliphatic rings. The maximum atomic E-state index is 9.37. The Labute approximate surface area is 101 Å². The number of nitrogens with zero attached hydrogens (tertiary/aromatic N) is 1. The van der Waals surface area contributed by atoms with E-state index in [1.54, 1.807) is 0 Å². The third-order valence-electron chi connectivity index (χ3n) is 2.81. The summed E-state index contributed by atoms with van der Waals surface area (Å²) in [6.07, 6.45) is 1.55. The molecule has 1 rings (SSSR count). The van der Waals surface area contributed by atoms with Crippen molar-refractivity contribution >= 4 is 0 Å². The second-order valence-electron chi connectivity index (χ2n) is 3.52. The molecule has 1 saturated heterocycles. The molecule has 1 aliphatic heterocycles. The van der Waals surface area contributed by atoms with E-state index in [4.69, 9.17) is 5.11 Å². The number of hydrogen-bond acceptors (Lipinski definition) is 3. The minimum atomic E-state index is -0.496. The van der Waals surface area contributed by atoms with Crippen LogP contribution in [-0.2, 0) is 0 Å². The lowest BCUT2D eigenvalue weighted by molar-refractivity contribution is 0.0192.